The minimum absolute atomic E-state index is 0.155. The van der Waals surface area contributed by atoms with Gasteiger partial charge in [-0.1, -0.05) is 34.1 Å². The molecule has 1 heterocycles. The lowest BCUT2D eigenvalue weighted by Gasteiger charge is -2.21. The molecule has 1 unspecified atom stereocenters. The fraction of sp³-hybridized carbons (Fsp3) is 0.462. The molecular formula is C13H17BrN2O. The normalized spacial score (nSPS) is 19.3. The maximum Gasteiger partial charge on any atom is 0.227 e. The highest BCUT2D eigenvalue weighted by Gasteiger charge is 2.25. The van der Waals surface area contributed by atoms with Crippen LogP contribution in [0.2, 0.25) is 0 Å². The molecule has 92 valence electrons. The van der Waals surface area contributed by atoms with Crippen molar-refractivity contribution >= 4 is 21.8 Å². The molecule has 0 bridgehead atoms. The average molecular weight is 297 g/mol. The van der Waals surface area contributed by atoms with Crippen LogP contribution in [0.25, 0.3) is 0 Å². The van der Waals surface area contributed by atoms with Crippen molar-refractivity contribution in [2.45, 2.75) is 13.0 Å². The lowest BCUT2D eigenvalue weighted by molar-refractivity contribution is -0.134. The van der Waals surface area contributed by atoms with Crippen LogP contribution in [-0.2, 0) is 11.3 Å². The minimum Gasteiger partial charge on any atom is -0.341 e. The summed E-state index contributed by atoms with van der Waals surface area (Å²) in [5.41, 5.74) is 1.15. The summed E-state index contributed by atoms with van der Waals surface area (Å²) in [5, 5.41) is 3.23. The summed E-state index contributed by atoms with van der Waals surface area (Å²) in [6.45, 7) is 2.44. The molecule has 1 aromatic carbocycles. The lowest BCUT2D eigenvalue weighted by atomic mass is 10.1. The van der Waals surface area contributed by atoms with Gasteiger partial charge in [0.2, 0.25) is 5.91 Å². The van der Waals surface area contributed by atoms with Gasteiger partial charge in [-0.15, -0.1) is 0 Å². The zero-order valence-corrected chi connectivity index (χ0v) is 11.5. The lowest BCUT2D eigenvalue weighted by Crippen LogP contribution is -2.33. The van der Waals surface area contributed by atoms with Gasteiger partial charge in [-0.3, -0.25) is 4.79 Å². The van der Waals surface area contributed by atoms with Crippen LogP contribution < -0.4 is 5.32 Å². The van der Waals surface area contributed by atoms with E-state index >= 15 is 0 Å². The van der Waals surface area contributed by atoms with E-state index in [1.54, 1.807) is 0 Å². The Morgan fingerprint density at radius 2 is 2.29 bits per heavy atom. The summed E-state index contributed by atoms with van der Waals surface area (Å²) >= 11 is 3.51. The van der Waals surface area contributed by atoms with Gasteiger partial charge in [0.25, 0.3) is 0 Å². The molecule has 1 atom stereocenters. The third-order valence-corrected chi connectivity index (χ3v) is 3.92. The van der Waals surface area contributed by atoms with Crippen molar-refractivity contribution in [1.29, 1.82) is 0 Å². The highest BCUT2D eigenvalue weighted by atomic mass is 79.9. The smallest absolute Gasteiger partial charge is 0.227 e. The van der Waals surface area contributed by atoms with Gasteiger partial charge < -0.3 is 10.2 Å². The molecule has 1 aliphatic rings. The Balaban J connectivity index is 1.99. The van der Waals surface area contributed by atoms with Crippen LogP contribution in [0.1, 0.15) is 12.0 Å². The molecule has 1 aliphatic heterocycles. The Hall–Kier alpha value is -0.870. The second kappa shape index (κ2) is 5.65. The van der Waals surface area contributed by atoms with Crippen molar-refractivity contribution in [3.8, 4) is 0 Å². The van der Waals surface area contributed by atoms with E-state index in [2.05, 4.69) is 21.2 Å². The monoisotopic (exact) mass is 296 g/mol. The van der Waals surface area contributed by atoms with Crippen molar-refractivity contribution in [2.24, 2.45) is 5.92 Å². The van der Waals surface area contributed by atoms with Crippen molar-refractivity contribution in [3.63, 3.8) is 0 Å². The number of hydrogen-bond donors (Lipinski definition) is 1. The zero-order valence-electron chi connectivity index (χ0n) is 9.95. The molecule has 17 heavy (non-hydrogen) atoms. The van der Waals surface area contributed by atoms with E-state index in [4.69, 9.17) is 0 Å². The van der Waals surface area contributed by atoms with Crippen LogP contribution in [0.3, 0.4) is 0 Å². The topological polar surface area (TPSA) is 32.3 Å². The van der Waals surface area contributed by atoms with Crippen LogP contribution in [0.4, 0.5) is 0 Å². The molecule has 1 aromatic rings. The maximum absolute atomic E-state index is 12.1. The molecule has 4 heteroatoms. The molecule has 2 rings (SSSR count). The third-order valence-electron chi connectivity index (χ3n) is 3.15. The van der Waals surface area contributed by atoms with E-state index in [0.717, 1.165) is 29.5 Å². The van der Waals surface area contributed by atoms with Crippen molar-refractivity contribution < 1.29 is 4.79 Å². The van der Waals surface area contributed by atoms with Gasteiger partial charge in [-0.25, -0.2) is 0 Å². The second-order valence-corrected chi connectivity index (χ2v) is 5.33. The van der Waals surface area contributed by atoms with E-state index in [1.165, 1.54) is 0 Å². The molecule has 1 amide bonds. The SMILES string of the molecule is CN(Cc1ccccc1Br)C(=O)C1CCNC1. The summed E-state index contributed by atoms with van der Waals surface area (Å²) in [6.07, 6.45) is 0.957. The van der Waals surface area contributed by atoms with Gasteiger partial charge in [-0.2, -0.15) is 0 Å². The van der Waals surface area contributed by atoms with E-state index in [1.807, 2.05) is 36.2 Å². The van der Waals surface area contributed by atoms with Gasteiger partial charge in [0, 0.05) is 24.6 Å². The number of amides is 1. The summed E-state index contributed by atoms with van der Waals surface area (Å²) in [7, 11) is 1.88. The largest absolute Gasteiger partial charge is 0.341 e. The van der Waals surface area contributed by atoms with E-state index in [0.29, 0.717) is 6.54 Å². The first kappa shape index (κ1) is 12.6. The zero-order chi connectivity index (χ0) is 12.3. The van der Waals surface area contributed by atoms with Gasteiger partial charge in [0.05, 0.1) is 5.92 Å². The number of carbonyl (C=O) groups is 1. The van der Waals surface area contributed by atoms with Crippen LogP contribution in [0, 0.1) is 5.92 Å². The summed E-state index contributed by atoms with van der Waals surface area (Å²) in [6, 6.07) is 8.03. The van der Waals surface area contributed by atoms with Crippen LogP contribution in [0.5, 0.6) is 0 Å². The number of hydrogen-bond acceptors (Lipinski definition) is 2. The molecule has 3 nitrogen and oxygen atoms in total. The van der Waals surface area contributed by atoms with Gasteiger partial charge >= 0.3 is 0 Å². The fourth-order valence-corrected chi connectivity index (χ4v) is 2.55. The summed E-state index contributed by atoms with van der Waals surface area (Å²) < 4.78 is 1.06. The highest BCUT2D eigenvalue weighted by molar-refractivity contribution is 9.10. The van der Waals surface area contributed by atoms with Gasteiger partial charge in [-0.05, 0) is 24.6 Å². The molecule has 0 saturated carbocycles. The molecule has 0 aliphatic carbocycles. The van der Waals surface area contributed by atoms with Crippen molar-refractivity contribution in [2.75, 3.05) is 20.1 Å². The number of rotatable bonds is 3. The molecule has 1 N–H and O–H groups in total. The van der Waals surface area contributed by atoms with Crippen LogP contribution in [-0.4, -0.2) is 30.9 Å². The Kier molecular flexibility index (Phi) is 4.18. The van der Waals surface area contributed by atoms with E-state index in [9.17, 15) is 4.79 Å². The highest BCUT2D eigenvalue weighted by Crippen LogP contribution is 2.19. The fourth-order valence-electron chi connectivity index (χ4n) is 2.14. The number of benzene rings is 1. The van der Waals surface area contributed by atoms with Crippen LogP contribution >= 0.6 is 15.9 Å². The van der Waals surface area contributed by atoms with E-state index < -0.39 is 0 Å². The Morgan fingerprint density at radius 1 is 1.53 bits per heavy atom. The molecule has 1 saturated heterocycles. The van der Waals surface area contributed by atoms with E-state index in [-0.39, 0.29) is 11.8 Å². The summed E-state index contributed by atoms with van der Waals surface area (Å²) in [4.78, 5) is 13.9. The number of nitrogens with one attached hydrogen (secondary N) is 1. The molecule has 0 aromatic heterocycles. The number of nitrogens with zero attached hydrogens (tertiary/aromatic N) is 1. The standard InChI is InChI=1S/C13H17BrN2O/c1-16(13(17)10-6-7-15-8-10)9-11-4-2-3-5-12(11)14/h2-5,10,15H,6-9H2,1H3. The first-order chi connectivity index (χ1) is 8.18. The van der Waals surface area contributed by atoms with Crippen molar-refractivity contribution in [1.82, 2.24) is 10.2 Å². The Morgan fingerprint density at radius 3 is 2.94 bits per heavy atom. The Bertz CT molecular complexity index is 402. The van der Waals surface area contributed by atoms with Crippen LogP contribution in [0.15, 0.2) is 28.7 Å². The van der Waals surface area contributed by atoms with Gasteiger partial charge in [0.15, 0.2) is 0 Å². The first-order valence-electron chi connectivity index (χ1n) is 5.87. The molecule has 0 radical (unpaired) electrons. The summed E-state index contributed by atoms with van der Waals surface area (Å²) in [5.74, 6) is 0.397. The minimum atomic E-state index is 0.155. The molecule has 0 spiro atoms. The number of halogens is 1. The Labute approximate surface area is 110 Å². The first-order valence-corrected chi connectivity index (χ1v) is 6.67. The maximum atomic E-state index is 12.1. The number of carbonyl (C=O) groups excluding carboxylic acids is 1. The molecular weight excluding hydrogens is 280 g/mol. The van der Waals surface area contributed by atoms with Gasteiger partial charge in [0.1, 0.15) is 0 Å². The average Bonchev–Trinajstić information content (AvgIpc) is 2.84. The predicted octanol–water partition coefficient (Wildman–Crippen LogP) is 2.02. The predicted molar refractivity (Wildman–Crippen MR) is 71.6 cm³/mol. The second-order valence-electron chi connectivity index (χ2n) is 4.48. The molecule has 1 fully saturated rings. The quantitative estimate of drug-likeness (QED) is 0.925. The third kappa shape index (κ3) is 3.07. The van der Waals surface area contributed by atoms with Crippen molar-refractivity contribution in [3.05, 3.63) is 34.3 Å².